The van der Waals surface area contributed by atoms with Gasteiger partial charge in [0.15, 0.2) is 17.3 Å². The van der Waals surface area contributed by atoms with E-state index < -0.39 is 5.91 Å². The quantitative estimate of drug-likeness (QED) is 0.718. The van der Waals surface area contributed by atoms with E-state index in [0.29, 0.717) is 46.1 Å². The maximum absolute atomic E-state index is 13.1. The Morgan fingerprint density at radius 1 is 1.06 bits per heavy atom. The summed E-state index contributed by atoms with van der Waals surface area (Å²) in [5.74, 6) is 1.65. The summed E-state index contributed by atoms with van der Waals surface area (Å²) in [6.07, 6.45) is 5.36. The van der Waals surface area contributed by atoms with Crippen molar-refractivity contribution < 1.29 is 19.0 Å². The van der Waals surface area contributed by atoms with E-state index in [-0.39, 0.29) is 0 Å². The molecule has 2 aromatic rings. The van der Waals surface area contributed by atoms with Gasteiger partial charge in [0, 0.05) is 23.9 Å². The van der Waals surface area contributed by atoms with E-state index in [1.807, 2.05) is 29.2 Å². The van der Waals surface area contributed by atoms with E-state index in [4.69, 9.17) is 25.8 Å². The molecule has 158 valence electrons. The van der Waals surface area contributed by atoms with E-state index in [1.54, 1.807) is 30.5 Å². The monoisotopic (exact) mass is 437 g/mol. The molecule has 2 aliphatic rings. The molecule has 0 spiro atoms. The molecule has 2 heterocycles. The molecule has 0 unspecified atom stereocenters. The highest BCUT2D eigenvalue weighted by Crippen LogP contribution is 2.38. The van der Waals surface area contributed by atoms with Crippen LogP contribution < -0.4 is 14.2 Å². The molecule has 31 heavy (non-hydrogen) atoms. The molecule has 0 atom stereocenters. The number of fused-ring (bicyclic) bond motifs is 2. The molecule has 8 heteroatoms. The minimum absolute atomic E-state index is 0.294. The van der Waals surface area contributed by atoms with E-state index in [1.165, 1.54) is 21.3 Å². The Morgan fingerprint density at radius 2 is 1.77 bits per heavy atom. The van der Waals surface area contributed by atoms with Gasteiger partial charge in [0.25, 0.3) is 5.91 Å². The van der Waals surface area contributed by atoms with Crippen LogP contribution in [0.1, 0.15) is 21.5 Å². The fourth-order valence-electron chi connectivity index (χ4n) is 3.42. The van der Waals surface area contributed by atoms with Gasteiger partial charge in [-0.1, -0.05) is 35.9 Å². The number of hydrogen-bond acceptors (Lipinski definition) is 5. The van der Waals surface area contributed by atoms with Gasteiger partial charge in [0.2, 0.25) is 5.75 Å². The van der Waals surface area contributed by atoms with Crippen molar-refractivity contribution in [2.24, 2.45) is 9.98 Å². The Bertz CT molecular complexity index is 1140. The van der Waals surface area contributed by atoms with Gasteiger partial charge in [-0.3, -0.25) is 4.79 Å². The lowest BCUT2D eigenvalue weighted by Crippen LogP contribution is -2.25. The van der Waals surface area contributed by atoms with Crippen molar-refractivity contribution in [2.75, 3.05) is 21.3 Å². The average molecular weight is 438 g/mol. The van der Waals surface area contributed by atoms with Gasteiger partial charge in [0.1, 0.15) is 5.84 Å². The third-order valence-corrected chi connectivity index (χ3v) is 5.13. The van der Waals surface area contributed by atoms with Gasteiger partial charge in [-0.2, -0.15) is 4.99 Å². The van der Waals surface area contributed by atoms with E-state index >= 15 is 0 Å². The molecule has 2 aliphatic heterocycles. The molecule has 2 aromatic carbocycles. The van der Waals surface area contributed by atoms with Crippen LogP contribution in [-0.2, 0) is 6.54 Å². The molecular formula is C23H20ClN3O4. The predicted molar refractivity (Wildman–Crippen MR) is 119 cm³/mol. The van der Waals surface area contributed by atoms with Crippen LogP contribution >= 0.6 is 11.6 Å². The SMILES string of the molecule is COc1cc(C(=O)N=C2N=C3C=CC(Cl)=CN3Cc3ccccc32)cc(OC)c1OC. The molecule has 0 fully saturated rings. The van der Waals surface area contributed by atoms with Gasteiger partial charge in [-0.15, -0.1) is 0 Å². The lowest BCUT2D eigenvalue weighted by molar-refractivity contribution is 0.100. The highest BCUT2D eigenvalue weighted by molar-refractivity contribution is 6.32. The van der Waals surface area contributed by atoms with Crippen molar-refractivity contribution in [3.8, 4) is 17.2 Å². The predicted octanol–water partition coefficient (Wildman–Crippen LogP) is 4.16. The number of carbonyl (C=O) groups is 1. The normalized spacial score (nSPS) is 16.0. The smallest absolute Gasteiger partial charge is 0.279 e. The first-order valence-corrected chi connectivity index (χ1v) is 9.84. The van der Waals surface area contributed by atoms with Crippen molar-refractivity contribution >= 4 is 29.2 Å². The van der Waals surface area contributed by atoms with Crippen molar-refractivity contribution in [1.82, 2.24) is 4.90 Å². The summed E-state index contributed by atoms with van der Waals surface area (Å²) < 4.78 is 16.0. The molecule has 1 amide bonds. The van der Waals surface area contributed by atoms with Gasteiger partial charge < -0.3 is 19.1 Å². The number of rotatable bonds is 4. The largest absolute Gasteiger partial charge is 0.493 e. The summed E-state index contributed by atoms with van der Waals surface area (Å²) >= 11 is 6.16. The Labute approximate surface area is 184 Å². The first kappa shape index (κ1) is 20.7. The van der Waals surface area contributed by atoms with Crippen LogP contribution in [0.3, 0.4) is 0 Å². The second-order valence-corrected chi connectivity index (χ2v) is 7.19. The summed E-state index contributed by atoms with van der Waals surface area (Å²) in [5.41, 5.74) is 2.06. The zero-order valence-corrected chi connectivity index (χ0v) is 18.0. The number of benzene rings is 2. The first-order chi connectivity index (χ1) is 15.0. The molecule has 0 aliphatic carbocycles. The lowest BCUT2D eigenvalue weighted by Gasteiger charge is -2.21. The molecule has 0 saturated carbocycles. The molecule has 0 N–H and O–H groups in total. The second kappa shape index (κ2) is 8.65. The third kappa shape index (κ3) is 4.04. The molecule has 7 nitrogen and oxygen atoms in total. The van der Waals surface area contributed by atoms with Crippen molar-refractivity contribution in [2.45, 2.75) is 6.54 Å². The average Bonchev–Trinajstić information content (AvgIpc) is 2.94. The molecule has 0 aromatic heterocycles. The fraction of sp³-hybridized carbons (Fsp3) is 0.174. The molecular weight excluding hydrogens is 418 g/mol. The van der Waals surface area contributed by atoms with Crippen molar-refractivity contribution in [3.05, 3.63) is 76.5 Å². The number of methoxy groups -OCH3 is 3. The van der Waals surface area contributed by atoms with Crippen LogP contribution in [-0.4, -0.2) is 43.8 Å². The van der Waals surface area contributed by atoms with Gasteiger partial charge in [-0.25, -0.2) is 4.99 Å². The highest BCUT2D eigenvalue weighted by Gasteiger charge is 2.23. The summed E-state index contributed by atoms with van der Waals surface area (Å²) in [5, 5.41) is 0.602. The standard InChI is InChI=1S/C23H20ClN3O4/c1-29-18-10-15(11-19(30-2)21(18)31-3)23(28)26-22-17-7-5-4-6-14(17)12-27-13-16(24)8-9-20(27)25-22/h4-11,13H,12H2,1-3H3. The summed E-state index contributed by atoms with van der Waals surface area (Å²) in [6, 6.07) is 10.8. The van der Waals surface area contributed by atoms with E-state index in [9.17, 15) is 4.79 Å². The van der Waals surface area contributed by atoms with Gasteiger partial charge >= 0.3 is 0 Å². The lowest BCUT2D eigenvalue weighted by atomic mass is 10.1. The first-order valence-electron chi connectivity index (χ1n) is 9.46. The number of nitrogens with zero attached hydrogens (tertiary/aromatic N) is 3. The van der Waals surface area contributed by atoms with Crippen LogP contribution in [0.25, 0.3) is 0 Å². The van der Waals surface area contributed by atoms with Crippen molar-refractivity contribution in [3.63, 3.8) is 0 Å². The minimum atomic E-state index is -0.477. The number of amides is 1. The maximum atomic E-state index is 13.1. The van der Waals surface area contributed by atoms with E-state index in [0.717, 1.165) is 11.1 Å². The van der Waals surface area contributed by atoms with Gasteiger partial charge in [0.05, 0.1) is 26.4 Å². The van der Waals surface area contributed by atoms with Crippen LogP contribution in [0.2, 0.25) is 0 Å². The molecule has 4 rings (SSSR count). The molecule has 0 saturated heterocycles. The number of halogens is 1. The van der Waals surface area contributed by atoms with Crippen LogP contribution in [0, 0.1) is 0 Å². The Balaban J connectivity index is 1.81. The van der Waals surface area contributed by atoms with Crippen LogP contribution in [0.15, 0.2) is 69.8 Å². The Kier molecular flexibility index (Phi) is 5.77. The van der Waals surface area contributed by atoms with Gasteiger partial charge in [-0.05, 0) is 29.8 Å². The number of allylic oxidation sites excluding steroid dienone is 2. The zero-order chi connectivity index (χ0) is 22.0. The van der Waals surface area contributed by atoms with Crippen LogP contribution in [0.5, 0.6) is 17.2 Å². The van der Waals surface area contributed by atoms with Crippen LogP contribution in [0.4, 0.5) is 0 Å². The number of aliphatic imine (C=N–C) groups is 2. The number of hydrogen-bond donors (Lipinski definition) is 0. The third-order valence-electron chi connectivity index (χ3n) is 4.90. The second-order valence-electron chi connectivity index (χ2n) is 6.76. The zero-order valence-electron chi connectivity index (χ0n) is 17.3. The molecule has 0 bridgehead atoms. The molecule has 0 radical (unpaired) electrons. The number of carbonyl (C=O) groups excluding carboxylic acids is 1. The summed E-state index contributed by atoms with van der Waals surface area (Å²) in [7, 11) is 4.49. The number of ether oxygens (including phenoxy) is 3. The fourth-order valence-corrected chi connectivity index (χ4v) is 3.60. The maximum Gasteiger partial charge on any atom is 0.279 e. The topological polar surface area (TPSA) is 72.7 Å². The minimum Gasteiger partial charge on any atom is -0.493 e. The Hall–Kier alpha value is -3.58. The highest BCUT2D eigenvalue weighted by atomic mass is 35.5. The Morgan fingerprint density at radius 3 is 2.45 bits per heavy atom. The van der Waals surface area contributed by atoms with Crippen molar-refractivity contribution in [1.29, 1.82) is 0 Å². The number of amidine groups is 2. The van der Waals surface area contributed by atoms with E-state index in [2.05, 4.69) is 9.98 Å². The summed E-state index contributed by atoms with van der Waals surface area (Å²) in [6.45, 7) is 0.562. The summed E-state index contributed by atoms with van der Waals surface area (Å²) in [4.78, 5) is 24.0.